The van der Waals surface area contributed by atoms with E-state index in [9.17, 15) is 14.4 Å². The average molecular weight is 442 g/mol. The van der Waals surface area contributed by atoms with Crippen LogP contribution in [0.1, 0.15) is 0 Å². The SMILES string of the molecule is COc1ccc(/N=N/c2cc(OC)c(OC)c(OC)c2)cc1OP(=O)([O-])[O-].[Na+].[Na+]. The molecule has 2 aromatic carbocycles. The Hall–Kier alpha value is -0.810. The molecule has 0 aliphatic heterocycles. The zero-order valence-corrected chi connectivity index (χ0v) is 21.9. The van der Waals surface area contributed by atoms with Gasteiger partial charge in [0, 0.05) is 18.2 Å². The van der Waals surface area contributed by atoms with Gasteiger partial charge in [0.25, 0.3) is 0 Å². The quantitative estimate of drug-likeness (QED) is 0.232. The Balaban J connectivity index is 0.00000392. The molecule has 10 nitrogen and oxygen atoms in total. The third-order valence-corrected chi connectivity index (χ3v) is 3.71. The number of methoxy groups -OCH3 is 4. The van der Waals surface area contributed by atoms with E-state index < -0.39 is 7.82 Å². The maximum Gasteiger partial charge on any atom is 1.00 e. The summed E-state index contributed by atoms with van der Waals surface area (Å²) in [4.78, 5) is 21.7. The Morgan fingerprint density at radius 2 is 1.21 bits per heavy atom. The molecule has 0 aromatic heterocycles. The van der Waals surface area contributed by atoms with Gasteiger partial charge in [0.05, 0.1) is 39.8 Å². The van der Waals surface area contributed by atoms with Crippen molar-refractivity contribution >= 4 is 19.2 Å². The molecule has 0 aliphatic carbocycles. The fraction of sp³-hybridized carbons (Fsp3) is 0.250. The Morgan fingerprint density at radius 1 is 0.724 bits per heavy atom. The number of ether oxygens (including phenoxy) is 4. The molecule has 0 unspecified atom stereocenters. The second kappa shape index (κ2) is 12.8. The standard InChI is InChI=1S/C16H19N2O8P.2Na/c1-22-12-6-5-10(7-13(12)26-27(19,20)21)17-18-11-8-14(23-2)16(25-4)15(9-11)24-3;;/h5-9H,1-4H3,(H2,19,20,21);;/q;2*+1/p-2/b18-17+;;. The fourth-order valence-electron chi connectivity index (χ4n) is 2.16. The van der Waals surface area contributed by atoms with Crippen molar-refractivity contribution < 1.29 is 96.9 Å². The van der Waals surface area contributed by atoms with Crippen molar-refractivity contribution in [2.45, 2.75) is 0 Å². The molecule has 0 atom stereocenters. The molecule has 0 radical (unpaired) electrons. The monoisotopic (exact) mass is 442 g/mol. The summed E-state index contributed by atoms with van der Waals surface area (Å²) in [7, 11) is 0.464. The van der Waals surface area contributed by atoms with Gasteiger partial charge in [0.2, 0.25) is 5.75 Å². The van der Waals surface area contributed by atoms with Gasteiger partial charge in [0.15, 0.2) is 23.0 Å². The number of nitrogens with zero attached hydrogens (tertiary/aromatic N) is 2. The van der Waals surface area contributed by atoms with Gasteiger partial charge in [-0.3, -0.25) is 0 Å². The first-order valence-electron chi connectivity index (χ1n) is 7.42. The van der Waals surface area contributed by atoms with E-state index in [0.29, 0.717) is 22.9 Å². The molecule has 0 saturated heterocycles. The molecule has 2 rings (SSSR count). The summed E-state index contributed by atoms with van der Waals surface area (Å²) >= 11 is 0. The molecule has 0 N–H and O–H groups in total. The van der Waals surface area contributed by atoms with Crippen molar-refractivity contribution in [1.29, 1.82) is 0 Å². The number of hydrogen-bond donors (Lipinski definition) is 0. The van der Waals surface area contributed by atoms with Gasteiger partial charge in [-0.15, -0.1) is 0 Å². The number of phosphoric acid groups is 1. The van der Waals surface area contributed by atoms with E-state index in [0.717, 1.165) is 0 Å². The van der Waals surface area contributed by atoms with E-state index in [4.69, 9.17) is 18.9 Å². The maximum absolute atomic E-state index is 10.9. The van der Waals surface area contributed by atoms with Crippen LogP contribution in [0.25, 0.3) is 0 Å². The first-order valence-corrected chi connectivity index (χ1v) is 8.88. The molecule has 0 fully saturated rings. The summed E-state index contributed by atoms with van der Waals surface area (Å²) < 4.78 is 35.9. The summed E-state index contributed by atoms with van der Waals surface area (Å²) in [5.41, 5.74) is 0.620. The molecule has 0 saturated carbocycles. The van der Waals surface area contributed by atoms with Crippen molar-refractivity contribution in [2.24, 2.45) is 10.2 Å². The van der Waals surface area contributed by atoms with Gasteiger partial charge in [0.1, 0.15) is 7.82 Å². The molecule has 13 heteroatoms. The number of hydrogen-bond acceptors (Lipinski definition) is 10. The van der Waals surface area contributed by atoms with Crippen LogP contribution < -0.4 is 92.4 Å². The number of rotatable bonds is 8. The van der Waals surface area contributed by atoms with E-state index in [1.54, 1.807) is 12.1 Å². The van der Waals surface area contributed by atoms with Crippen LogP contribution in [0.15, 0.2) is 40.6 Å². The Labute approximate surface area is 212 Å². The van der Waals surface area contributed by atoms with Crippen LogP contribution in [-0.4, -0.2) is 28.4 Å². The zero-order chi connectivity index (χ0) is 20.0. The van der Waals surface area contributed by atoms with Crippen molar-refractivity contribution in [2.75, 3.05) is 28.4 Å². The van der Waals surface area contributed by atoms with Crippen molar-refractivity contribution in [3.63, 3.8) is 0 Å². The van der Waals surface area contributed by atoms with Gasteiger partial charge in [-0.1, -0.05) is 0 Å². The van der Waals surface area contributed by atoms with Crippen molar-refractivity contribution in [3.05, 3.63) is 30.3 Å². The maximum atomic E-state index is 10.9. The molecule has 29 heavy (non-hydrogen) atoms. The number of benzene rings is 2. The van der Waals surface area contributed by atoms with E-state index in [-0.39, 0.29) is 76.3 Å². The molecule has 146 valence electrons. The van der Waals surface area contributed by atoms with Gasteiger partial charge in [-0.05, 0) is 12.1 Å². The van der Waals surface area contributed by atoms with Gasteiger partial charge in [-0.25, -0.2) is 0 Å². The minimum Gasteiger partial charge on any atom is -0.780 e. The van der Waals surface area contributed by atoms with Crippen molar-refractivity contribution in [3.8, 4) is 28.7 Å². The van der Waals surface area contributed by atoms with Gasteiger partial charge >= 0.3 is 59.1 Å². The molecule has 0 heterocycles. The van der Waals surface area contributed by atoms with Crippen LogP contribution in [0, 0.1) is 0 Å². The van der Waals surface area contributed by atoms with Crippen LogP contribution in [0.5, 0.6) is 28.7 Å². The van der Waals surface area contributed by atoms with Crippen molar-refractivity contribution in [1.82, 2.24) is 0 Å². The Morgan fingerprint density at radius 3 is 1.66 bits per heavy atom. The second-order valence-corrected chi connectivity index (χ2v) is 6.03. The Bertz CT molecular complexity index is 866. The minimum absolute atomic E-state index is 0. The van der Waals surface area contributed by atoms with Crippen LogP contribution in [0.3, 0.4) is 0 Å². The molecular weight excluding hydrogens is 425 g/mol. The van der Waals surface area contributed by atoms with Crippen LogP contribution >= 0.6 is 7.82 Å². The first-order chi connectivity index (χ1) is 12.8. The summed E-state index contributed by atoms with van der Waals surface area (Å²) in [6.45, 7) is 0. The summed E-state index contributed by atoms with van der Waals surface area (Å²) in [6, 6.07) is 7.27. The van der Waals surface area contributed by atoms with Crippen LogP contribution in [0.4, 0.5) is 11.4 Å². The summed E-state index contributed by atoms with van der Waals surface area (Å²) in [6.07, 6.45) is 0. The van der Waals surface area contributed by atoms with Gasteiger partial charge in [-0.2, -0.15) is 10.2 Å². The largest absolute Gasteiger partial charge is 1.00 e. The van der Waals surface area contributed by atoms with E-state index in [2.05, 4.69) is 14.8 Å². The molecule has 0 bridgehead atoms. The fourth-order valence-corrected chi connectivity index (χ4v) is 2.54. The summed E-state index contributed by atoms with van der Waals surface area (Å²) in [5.74, 6) is 0.966. The van der Waals surface area contributed by atoms with Crippen LogP contribution in [-0.2, 0) is 4.57 Å². The van der Waals surface area contributed by atoms with Gasteiger partial charge < -0.3 is 37.8 Å². The van der Waals surface area contributed by atoms with Crippen LogP contribution in [0.2, 0.25) is 0 Å². The van der Waals surface area contributed by atoms with E-state index >= 15 is 0 Å². The minimum atomic E-state index is -5.25. The smallest absolute Gasteiger partial charge is 0.780 e. The third-order valence-electron chi connectivity index (χ3n) is 3.29. The first kappa shape index (κ1) is 28.2. The normalized spacial score (nSPS) is 10.6. The molecule has 0 spiro atoms. The van der Waals surface area contributed by atoms with E-state index in [1.807, 2.05) is 0 Å². The topological polar surface area (TPSA) is 134 Å². The molecule has 0 amide bonds. The molecular formula is C16H17N2Na2O8P. The van der Waals surface area contributed by atoms with E-state index in [1.165, 1.54) is 46.6 Å². The Kier molecular flexibility index (Phi) is 12.4. The predicted octanol–water partition coefficient (Wildman–Crippen LogP) is -3.65. The number of azo groups is 1. The molecule has 0 aliphatic rings. The third kappa shape index (κ3) is 8.09. The average Bonchev–Trinajstić information content (AvgIpc) is 2.64. The second-order valence-electron chi connectivity index (χ2n) is 4.96. The summed E-state index contributed by atoms with van der Waals surface area (Å²) in [5, 5.41) is 8.04. The molecule has 2 aromatic rings. The zero-order valence-electron chi connectivity index (χ0n) is 17.0. The number of phosphoric ester groups is 1. The predicted molar refractivity (Wildman–Crippen MR) is 91.5 cm³/mol.